The Morgan fingerprint density at radius 1 is 1.36 bits per heavy atom. The van der Waals surface area contributed by atoms with Crippen LogP contribution in [0.4, 0.5) is 10.1 Å². The number of benzene rings is 1. The van der Waals surface area contributed by atoms with Crippen LogP contribution in [0.3, 0.4) is 0 Å². The molecule has 1 aromatic carbocycles. The standard InChI is InChI=1S/C14H11FN4O3/c1-7-11(13(21)17-10-6-16-19-12(10)20)18-14(22-7)8-4-2-3-5-9(8)15/h2-6H,1H3,(H,17,21)(H2,16,19,20). The molecule has 0 saturated carbocycles. The Bertz CT molecular complexity index is 893. The number of carbonyl (C=O) groups excluding carboxylic acids is 1. The Morgan fingerprint density at radius 3 is 2.82 bits per heavy atom. The zero-order valence-electron chi connectivity index (χ0n) is 11.4. The second-order valence-electron chi connectivity index (χ2n) is 4.51. The minimum absolute atomic E-state index is 0.00345. The number of carbonyl (C=O) groups is 1. The molecule has 0 saturated heterocycles. The van der Waals surface area contributed by atoms with Crippen LogP contribution in [0, 0.1) is 12.7 Å². The maximum atomic E-state index is 13.7. The number of aromatic nitrogens is 3. The lowest BCUT2D eigenvalue weighted by molar-refractivity contribution is 0.102. The number of anilines is 1. The molecule has 112 valence electrons. The molecule has 7 nitrogen and oxygen atoms in total. The number of oxazole rings is 1. The van der Waals surface area contributed by atoms with Gasteiger partial charge in [0.15, 0.2) is 5.69 Å². The van der Waals surface area contributed by atoms with Crippen molar-refractivity contribution < 1.29 is 13.6 Å². The van der Waals surface area contributed by atoms with Crippen molar-refractivity contribution in [3.05, 3.63) is 58.1 Å². The smallest absolute Gasteiger partial charge is 0.287 e. The molecule has 0 bridgehead atoms. The average Bonchev–Trinajstić information content (AvgIpc) is 3.06. The Kier molecular flexibility index (Phi) is 3.34. The molecule has 0 aliphatic carbocycles. The van der Waals surface area contributed by atoms with Crippen molar-refractivity contribution in [2.45, 2.75) is 6.92 Å². The normalized spacial score (nSPS) is 10.6. The van der Waals surface area contributed by atoms with Crippen molar-refractivity contribution in [2.24, 2.45) is 0 Å². The third kappa shape index (κ3) is 2.41. The molecule has 3 rings (SSSR count). The first-order chi connectivity index (χ1) is 10.6. The van der Waals surface area contributed by atoms with Crippen LogP contribution < -0.4 is 10.9 Å². The fourth-order valence-electron chi connectivity index (χ4n) is 1.94. The van der Waals surface area contributed by atoms with E-state index in [1.807, 2.05) is 0 Å². The largest absolute Gasteiger partial charge is 0.440 e. The molecule has 3 N–H and O–H groups in total. The lowest BCUT2D eigenvalue weighted by atomic mass is 10.2. The van der Waals surface area contributed by atoms with E-state index >= 15 is 0 Å². The van der Waals surface area contributed by atoms with Crippen molar-refractivity contribution >= 4 is 11.6 Å². The van der Waals surface area contributed by atoms with Gasteiger partial charge in [0.05, 0.1) is 5.56 Å². The van der Waals surface area contributed by atoms with Gasteiger partial charge in [0, 0.05) is 6.20 Å². The molecule has 0 spiro atoms. The second-order valence-corrected chi connectivity index (χ2v) is 4.51. The zero-order valence-corrected chi connectivity index (χ0v) is 11.4. The van der Waals surface area contributed by atoms with Crippen LogP contribution in [0.15, 0.2) is 39.7 Å². The van der Waals surface area contributed by atoms with Crippen LogP contribution in [0.25, 0.3) is 11.5 Å². The maximum Gasteiger partial charge on any atom is 0.287 e. The van der Waals surface area contributed by atoms with Crippen LogP contribution in [0.2, 0.25) is 0 Å². The molecule has 22 heavy (non-hydrogen) atoms. The van der Waals surface area contributed by atoms with Gasteiger partial charge in [-0.15, -0.1) is 0 Å². The molecule has 0 atom stereocenters. The van der Waals surface area contributed by atoms with Gasteiger partial charge in [-0.05, 0) is 19.1 Å². The number of nitrogens with zero attached hydrogens (tertiary/aromatic N) is 1. The van der Waals surface area contributed by atoms with E-state index in [9.17, 15) is 14.0 Å². The van der Waals surface area contributed by atoms with Crippen LogP contribution in [-0.4, -0.2) is 21.1 Å². The maximum absolute atomic E-state index is 13.7. The lowest BCUT2D eigenvalue weighted by Gasteiger charge is -1.97. The zero-order chi connectivity index (χ0) is 15.7. The summed E-state index contributed by atoms with van der Waals surface area (Å²) < 4.78 is 19.1. The lowest BCUT2D eigenvalue weighted by Crippen LogP contribution is -2.18. The average molecular weight is 302 g/mol. The van der Waals surface area contributed by atoms with Gasteiger partial charge in [0.2, 0.25) is 5.89 Å². The minimum atomic E-state index is -0.617. The summed E-state index contributed by atoms with van der Waals surface area (Å²) in [5, 5.41) is 7.15. The Labute approximate surface area is 123 Å². The highest BCUT2D eigenvalue weighted by atomic mass is 19.1. The van der Waals surface area contributed by atoms with Crippen molar-refractivity contribution in [1.82, 2.24) is 15.2 Å². The monoisotopic (exact) mass is 302 g/mol. The summed E-state index contributed by atoms with van der Waals surface area (Å²) in [6.07, 6.45) is 1.31. The predicted octanol–water partition coefficient (Wildman–Crippen LogP) is 2.06. The van der Waals surface area contributed by atoms with Gasteiger partial charge >= 0.3 is 0 Å². The third-order valence-corrected chi connectivity index (χ3v) is 3.01. The van der Waals surface area contributed by atoms with E-state index in [2.05, 4.69) is 20.5 Å². The molecule has 1 amide bonds. The fraction of sp³-hybridized carbons (Fsp3) is 0.0714. The molecule has 2 heterocycles. The first-order valence-electron chi connectivity index (χ1n) is 6.36. The second kappa shape index (κ2) is 5.32. The number of aryl methyl sites for hydroxylation is 1. The number of aromatic amines is 2. The number of nitrogens with one attached hydrogen (secondary N) is 3. The highest BCUT2D eigenvalue weighted by Crippen LogP contribution is 2.24. The molecular weight excluding hydrogens is 291 g/mol. The van der Waals surface area contributed by atoms with Crippen molar-refractivity contribution in [3.8, 4) is 11.5 Å². The van der Waals surface area contributed by atoms with E-state index in [1.54, 1.807) is 12.1 Å². The van der Waals surface area contributed by atoms with Gasteiger partial charge < -0.3 is 14.8 Å². The summed E-state index contributed by atoms with van der Waals surface area (Å²) in [5.41, 5.74) is -0.272. The van der Waals surface area contributed by atoms with Gasteiger partial charge in [-0.2, -0.15) is 0 Å². The molecule has 2 aromatic heterocycles. The summed E-state index contributed by atoms with van der Waals surface area (Å²) >= 11 is 0. The molecule has 0 radical (unpaired) electrons. The van der Waals surface area contributed by atoms with E-state index in [1.165, 1.54) is 25.3 Å². The van der Waals surface area contributed by atoms with Gasteiger partial charge in [-0.1, -0.05) is 12.1 Å². The first kappa shape index (κ1) is 13.8. The van der Waals surface area contributed by atoms with Gasteiger partial charge in [0.1, 0.15) is 17.3 Å². The topological polar surface area (TPSA) is 104 Å². The summed E-state index contributed by atoms with van der Waals surface area (Å²) in [7, 11) is 0. The fourth-order valence-corrected chi connectivity index (χ4v) is 1.94. The number of hydrogen-bond donors (Lipinski definition) is 3. The molecule has 0 unspecified atom stereocenters. The number of hydrogen-bond acceptors (Lipinski definition) is 4. The SMILES string of the molecule is Cc1oc(-c2ccccc2F)nc1C(=O)Nc1c[nH][nH]c1=O. The Balaban J connectivity index is 1.93. The highest BCUT2D eigenvalue weighted by Gasteiger charge is 2.20. The van der Waals surface area contributed by atoms with E-state index in [0.29, 0.717) is 0 Å². The van der Waals surface area contributed by atoms with E-state index < -0.39 is 17.3 Å². The van der Waals surface area contributed by atoms with Crippen LogP contribution in [-0.2, 0) is 0 Å². The van der Waals surface area contributed by atoms with E-state index in [-0.39, 0.29) is 28.6 Å². The number of H-pyrrole nitrogens is 2. The van der Waals surface area contributed by atoms with Crippen LogP contribution in [0.1, 0.15) is 16.2 Å². The van der Waals surface area contributed by atoms with Gasteiger partial charge in [0.25, 0.3) is 11.5 Å². The summed E-state index contributed by atoms with van der Waals surface area (Å²) in [6.45, 7) is 1.54. The van der Waals surface area contributed by atoms with Crippen LogP contribution in [0.5, 0.6) is 0 Å². The first-order valence-corrected chi connectivity index (χ1v) is 6.36. The van der Waals surface area contributed by atoms with E-state index in [0.717, 1.165) is 0 Å². The Morgan fingerprint density at radius 2 is 2.14 bits per heavy atom. The van der Waals surface area contributed by atoms with Crippen molar-refractivity contribution in [3.63, 3.8) is 0 Å². The highest BCUT2D eigenvalue weighted by molar-refractivity contribution is 6.03. The summed E-state index contributed by atoms with van der Waals surface area (Å²) in [5.74, 6) is -0.891. The van der Waals surface area contributed by atoms with Crippen LogP contribution >= 0.6 is 0 Å². The number of amides is 1. The van der Waals surface area contributed by atoms with E-state index in [4.69, 9.17) is 4.42 Å². The summed E-state index contributed by atoms with van der Waals surface area (Å²) in [6, 6.07) is 5.95. The number of rotatable bonds is 3. The predicted molar refractivity (Wildman–Crippen MR) is 76.0 cm³/mol. The quantitative estimate of drug-likeness (QED) is 0.688. The molecule has 0 aliphatic heterocycles. The third-order valence-electron chi connectivity index (χ3n) is 3.01. The van der Waals surface area contributed by atoms with Gasteiger partial charge in [-0.3, -0.25) is 14.7 Å². The molecule has 0 fully saturated rings. The Hall–Kier alpha value is -3.16. The van der Waals surface area contributed by atoms with Crippen molar-refractivity contribution in [2.75, 3.05) is 5.32 Å². The number of halogens is 1. The molecular formula is C14H11FN4O3. The molecule has 0 aliphatic rings. The summed E-state index contributed by atoms with van der Waals surface area (Å²) in [4.78, 5) is 27.5. The molecule has 8 heteroatoms. The minimum Gasteiger partial charge on any atom is -0.440 e. The molecule has 3 aromatic rings. The van der Waals surface area contributed by atoms with Gasteiger partial charge in [-0.25, -0.2) is 9.37 Å². The van der Waals surface area contributed by atoms with Crippen molar-refractivity contribution in [1.29, 1.82) is 0 Å².